The van der Waals surface area contributed by atoms with Crippen molar-refractivity contribution in [2.24, 2.45) is 4.99 Å². The van der Waals surface area contributed by atoms with Crippen LogP contribution in [0.3, 0.4) is 0 Å². The van der Waals surface area contributed by atoms with E-state index >= 15 is 0 Å². The van der Waals surface area contributed by atoms with Crippen molar-refractivity contribution in [2.75, 3.05) is 34.9 Å². The van der Waals surface area contributed by atoms with Gasteiger partial charge in [-0.15, -0.1) is 0 Å². The maximum absolute atomic E-state index is 9.76. The molecule has 0 aliphatic carbocycles. The summed E-state index contributed by atoms with van der Waals surface area (Å²) in [4.78, 5) is 6.92. The number of rotatable bonds is 10. The minimum absolute atomic E-state index is 0.00170. The van der Waals surface area contributed by atoms with Gasteiger partial charge in [0, 0.05) is 20.7 Å². The van der Waals surface area contributed by atoms with Gasteiger partial charge in [0.25, 0.3) is 0 Å². The van der Waals surface area contributed by atoms with Gasteiger partial charge in [0.05, 0.1) is 33.5 Å². The van der Waals surface area contributed by atoms with Crippen LogP contribution in [0.4, 0.5) is 0 Å². The minimum atomic E-state index is -0.394. The first-order valence-corrected chi connectivity index (χ1v) is 12.6. The monoisotopic (exact) mass is 502 g/mol. The van der Waals surface area contributed by atoms with Gasteiger partial charge in [-0.1, -0.05) is 36.0 Å². The third kappa shape index (κ3) is 6.29. The Balaban J connectivity index is 1.55. The van der Waals surface area contributed by atoms with E-state index in [0.29, 0.717) is 19.6 Å². The van der Waals surface area contributed by atoms with E-state index in [9.17, 15) is 5.11 Å². The summed E-state index contributed by atoms with van der Waals surface area (Å²) in [6.45, 7) is 0.794. The van der Waals surface area contributed by atoms with Crippen LogP contribution in [-0.2, 0) is 27.4 Å². The third-order valence-electron chi connectivity index (χ3n) is 6.09. The summed E-state index contributed by atoms with van der Waals surface area (Å²) >= 11 is 1.59. The van der Waals surface area contributed by atoms with Crippen molar-refractivity contribution >= 4 is 16.9 Å². The van der Waals surface area contributed by atoms with Crippen LogP contribution < -0.4 is 9.47 Å². The Kier molecular flexibility index (Phi) is 8.91. The normalized spacial score (nSPS) is 25.6. The summed E-state index contributed by atoms with van der Waals surface area (Å²) in [6, 6.07) is 15.4. The number of hydrogen-bond donors (Lipinski definition) is 1. The lowest BCUT2D eigenvalue weighted by Gasteiger charge is -2.42. The highest BCUT2D eigenvalue weighted by molar-refractivity contribution is 8.14. The van der Waals surface area contributed by atoms with E-state index in [1.807, 2.05) is 67.5 Å². The molecule has 0 bridgehead atoms. The molecule has 2 aliphatic rings. The zero-order valence-corrected chi connectivity index (χ0v) is 21.4. The van der Waals surface area contributed by atoms with Crippen molar-refractivity contribution in [3.8, 4) is 11.5 Å². The lowest BCUT2D eigenvalue weighted by molar-refractivity contribution is -0.200. The number of amidine groups is 1. The quantitative estimate of drug-likeness (QED) is 0.530. The standard InChI is InChI=1S/C26H34N2O6S/c1-28(2)26-27-22-24(33-16-18-7-11-20(31-4)12-8-18)23(21(13-14-29)34-25(22)35-26)32-15-17-5-9-19(30-3)10-6-17/h5-12,21-25,29H,13-16H2,1-4H3/t21-,22-,23+,24?,25-/m1/s1. The molecule has 0 amide bonds. The first-order chi connectivity index (χ1) is 17.0. The van der Waals surface area contributed by atoms with Crippen LogP contribution in [0.15, 0.2) is 53.5 Å². The van der Waals surface area contributed by atoms with E-state index in [0.717, 1.165) is 27.8 Å². The molecule has 0 aromatic heterocycles. The van der Waals surface area contributed by atoms with Gasteiger partial charge in [-0.25, -0.2) is 0 Å². The van der Waals surface area contributed by atoms with E-state index in [1.54, 1.807) is 26.0 Å². The van der Waals surface area contributed by atoms with Crippen molar-refractivity contribution in [3.05, 3.63) is 59.7 Å². The smallest absolute Gasteiger partial charge is 0.161 e. The highest BCUT2D eigenvalue weighted by atomic mass is 32.2. The van der Waals surface area contributed by atoms with Crippen LogP contribution in [0.25, 0.3) is 0 Å². The molecule has 0 spiro atoms. The molecular weight excluding hydrogens is 468 g/mol. The summed E-state index contributed by atoms with van der Waals surface area (Å²) in [5, 5.41) is 10.7. The van der Waals surface area contributed by atoms with Crippen molar-refractivity contribution in [1.82, 2.24) is 4.90 Å². The summed E-state index contributed by atoms with van der Waals surface area (Å²) in [5.74, 6) is 1.60. The third-order valence-corrected chi connectivity index (χ3v) is 7.40. The van der Waals surface area contributed by atoms with Gasteiger partial charge in [0.2, 0.25) is 0 Å². The van der Waals surface area contributed by atoms with Gasteiger partial charge in [0.1, 0.15) is 35.2 Å². The first-order valence-electron chi connectivity index (χ1n) is 11.7. The zero-order chi connectivity index (χ0) is 24.8. The molecule has 2 heterocycles. The second kappa shape index (κ2) is 12.1. The molecule has 5 atom stereocenters. The fraction of sp³-hybridized carbons (Fsp3) is 0.500. The number of ether oxygens (including phenoxy) is 5. The SMILES string of the molecule is COc1ccc(COC2[C@H]3N=C(N(C)C)S[C@H]3O[C@H](CCO)[C@@H]2OCc2ccc(OC)cc2)cc1. The second-order valence-corrected chi connectivity index (χ2v) is 9.78. The average molecular weight is 503 g/mol. The fourth-order valence-corrected chi connectivity index (χ4v) is 5.34. The van der Waals surface area contributed by atoms with Crippen LogP contribution in [-0.4, -0.2) is 79.9 Å². The molecule has 9 heteroatoms. The number of nitrogens with zero attached hydrogens (tertiary/aromatic N) is 2. The maximum atomic E-state index is 9.76. The van der Waals surface area contributed by atoms with Crippen LogP contribution in [0.5, 0.6) is 11.5 Å². The number of methoxy groups -OCH3 is 2. The molecule has 2 aromatic carbocycles. The molecule has 1 N–H and O–H groups in total. The predicted molar refractivity (Wildman–Crippen MR) is 136 cm³/mol. The lowest BCUT2D eigenvalue weighted by Crippen LogP contribution is -2.57. The molecule has 1 saturated heterocycles. The fourth-order valence-electron chi connectivity index (χ4n) is 4.19. The molecule has 190 valence electrons. The largest absolute Gasteiger partial charge is 0.497 e. The van der Waals surface area contributed by atoms with Gasteiger partial charge in [-0.05, 0) is 41.8 Å². The Morgan fingerprint density at radius 3 is 1.91 bits per heavy atom. The number of fused-ring (bicyclic) bond motifs is 1. The molecular formula is C26H34N2O6S. The van der Waals surface area contributed by atoms with Gasteiger partial charge >= 0.3 is 0 Å². The van der Waals surface area contributed by atoms with Crippen molar-refractivity contribution in [2.45, 2.75) is 49.4 Å². The van der Waals surface area contributed by atoms with E-state index in [4.69, 9.17) is 28.7 Å². The Hall–Kier alpha value is -2.30. The predicted octanol–water partition coefficient (Wildman–Crippen LogP) is 3.31. The maximum Gasteiger partial charge on any atom is 0.161 e. The van der Waals surface area contributed by atoms with Crippen molar-refractivity contribution in [1.29, 1.82) is 0 Å². The molecule has 0 saturated carbocycles. The van der Waals surface area contributed by atoms with E-state index in [2.05, 4.69) is 0 Å². The number of benzene rings is 2. The molecule has 2 aromatic rings. The molecule has 8 nitrogen and oxygen atoms in total. The highest BCUT2D eigenvalue weighted by Crippen LogP contribution is 2.40. The van der Waals surface area contributed by atoms with Gasteiger partial charge in [-0.3, -0.25) is 4.99 Å². The van der Waals surface area contributed by atoms with Gasteiger partial charge in [-0.2, -0.15) is 0 Å². The molecule has 35 heavy (non-hydrogen) atoms. The summed E-state index contributed by atoms with van der Waals surface area (Å²) in [5.41, 5.74) is 1.86. The number of hydrogen-bond acceptors (Lipinski definition) is 9. The molecule has 4 rings (SSSR count). The Bertz CT molecular complexity index is 969. The zero-order valence-electron chi connectivity index (χ0n) is 20.6. The Morgan fingerprint density at radius 1 is 0.886 bits per heavy atom. The molecule has 0 radical (unpaired) electrons. The number of aliphatic imine (C=N–C) groups is 1. The van der Waals surface area contributed by atoms with Gasteiger partial charge < -0.3 is 33.7 Å². The number of thioether (sulfide) groups is 1. The van der Waals surface area contributed by atoms with Crippen LogP contribution in [0, 0.1) is 0 Å². The van der Waals surface area contributed by atoms with Gasteiger partial charge in [0.15, 0.2) is 5.17 Å². The Morgan fingerprint density at radius 2 is 1.43 bits per heavy atom. The Labute approximate surface area is 211 Å². The van der Waals surface area contributed by atoms with E-state index in [-0.39, 0.29) is 30.3 Å². The van der Waals surface area contributed by atoms with E-state index in [1.165, 1.54) is 0 Å². The summed E-state index contributed by atoms with van der Waals surface area (Å²) in [6.07, 6.45) is -0.591. The van der Waals surface area contributed by atoms with Crippen LogP contribution in [0.2, 0.25) is 0 Å². The highest BCUT2D eigenvalue weighted by Gasteiger charge is 2.50. The summed E-state index contributed by atoms with van der Waals surface area (Å²) < 4.78 is 29.9. The molecule has 2 aliphatic heterocycles. The second-order valence-electron chi connectivity index (χ2n) is 8.72. The number of aliphatic hydroxyl groups is 1. The van der Waals surface area contributed by atoms with Crippen molar-refractivity contribution in [3.63, 3.8) is 0 Å². The van der Waals surface area contributed by atoms with E-state index < -0.39 is 6.10 Å². The topological polar surface area (TPSA) is 82.0 Å². The average Bonchev–Trinajstić information content (AvgIpc) is 3.31. The van der Waals surface area contributed by atoms with Crippen molar-refractivity contribution < 1.29 is 28.8 Å². The summed E-state index contributed by atoms with van der Waals surface area (Å²) in [7, 11) is 7.24. The molecule has 1 fully saturated rings. The van der Waals surface area contributed by atoms with Crippen LogP contribution >= 0.6 is 11.8 Å². The van der Waals surface area contributed by atoms with Crippen LogP contribution in [0.1, 0.15) is 17.5 Å². The lowest BCUT2D eigenvalue weighted by atomic mass is 9.95. The first kappa shape index (κ1) is 25.8. The minimum Gasteiger partial charge on any atom is -0.497 e. The molecule has 1 unspecified atom stereocenters. The number of aliphatic hydroxyl groups excluding tert-OH is 1.